The van der Waals surface area contributed by atoms with E-state index in [-0.39, 0.29) is 30.9 Å². The third-order valence-corrected chi connectivity index (χ3v) is 4.23. The quantitative estimate of drug-likeness (QED) is 0.748. The molecule has 1 amide bonds. The minimum atomic E-state index is -0.280. The summed E-state index contributed by atoms with van der Waals surface area (Å²) >= 11 is 3.36. The number of ether oxygens (including phenoxy) is 2. The van der Waals surface area contributed by atoms with Crippen LogP contribution < -0.4 is 4.74 Å². The van der Waals surface area contributed by atoms with Crippen LogP contribution in [-0.4, -0.2) is 43.1 Å². The number of piperidine rings is 1. The zero-order valence-corrected chi connectivity index (χ0v) is 14.2. The summed E-state index contributed by atoms with van der Waals surface area (Å²) in [6.07, 6.45) is 3.06. The van der Waals surface area contributed by atoms with Crippen molar-refractivity contribution in [1.29, 1.82) is 0 Å². The molecule has 1 aromatic rings. The van der Waals surface area contributed by atoms with Gasteiger partial charge in [-0.05, 0) is 37.5 Å². The highest BCUT2D eigenvalue weighted by Crippen LogP contribution is 2.21. The van der Waals surface area contributed by atoms with E-state index in [0.29, 0.717) is 12.3 Å². The van der Waals surface area contributed by atoms with Gasteiger partial charge in [-0.25, -0.2) is 0 Å². The number of benzene rings is 1. The molecule has 2 rings (SSSR count). The summed E-state index contributed by atoms with van der Waals surface area (Å²) in [6.45, 7) is 0.649. The Balaban J connectivity index is 1.92. The molecule has 22 heavy (non-hydrogen) atoms. The van der Waals surface area contributed by atoms with Crippen LogP contribution in [0.4, 0.5) is 0 Å². The first-order chi connectivity index (χ1) is 10.6. The van der Waals surface area contributed by atoms with Crippen molar-refractivity contribution in [3.63, 3.8) is 0 Å². The number of esters is 1. The standard InChI is InChI=1S/C16H20BrNO4/c1-21-16(20)10-13-6-2-3-8-18(13)15(19)11-22-14-7-4-5-12(17)9-14/h4-5,7,9,13H,2-3,6,8,10-11H2,1H3. The molecule has 1 atom stereocenters. The molecular weight excluding hydrogens is 350 g/mol. The highest BCUT2D eigenvalue weighted by molar-refractivity contribution is 9.10. The topological polar surface area (TPSA) is 55.8 Å². The molecular formula is C16H20BrNO4. The molecule has 1 aliphatic rings. The molecule has 1 saturated heterocycles. The molecule has 1 unspecified atom stereocenters. The number of carbonyl (C=O) groups is 2. The average Bonchev–Trinajstić information content (AvgIpc) is 2.53. The first-order valence-corrected chi connectivity index (χ1v) is 8.14. The smallest absolute Gasteiger partial charge is 0.307 e. The van der Waals surface area contributed by atoms with Crippen molar-refractivity contribution < 1.29 is 19.1 Å². The Morgan fingerprint density at radius 2 is 2.18 bits per heavy atom. The SMILES string of the molecule is COC(=O)CC1CCCCN1C(=O)COc1cccc(Br)c1. The molecule has 1 heterocycles. The summed E-state index contributed by atoms with van der Waals surface area (Å²) < 4.78 is 11.2. The lowest BCUT2D eigenvalue weighted by molar-refractivity contribution is -0.145. The Morgan fingerprint density at radius 3 is 2.91 bits per heavy atom. The van der Waals surface area contributed by atoms with Crippen molar-refractivity contribution in [2.24, 2.45) is 0 Å². The second-order valence-electron chi connectivity index (χ2n) is 5.26. The van der Waals surface area contributed by atoms with Gasteiger partial charge in [-0.1, -0.05) is 22.0 Å². The normalized spacial score (nSPS) is 17.9. The number of hydrogen-bond acceptors (Lipinski definition) is 4. The Hall–Kier alpha value is -1.56. The Labute approximate surface area is 138 Å². The third kappa shape index (κ3) is 4.73. The Morgan fingerprint density at radius 1 is 1.36 bits per heavy atom. The van der Waals surface area contributed by atoms with Gasteiger partial charge in [0.2, 0.25) is 0 Å². The summed E-state index contributed by atoms with van der Waals surface area (Å²) in [7, 11) is 1.37. The van der Waals surface area contributed by atoms with Crippen molar-refractivity contribution in [3.8, 4) is 5.75 Å². The zero-order chi connectivity index (χ0) is 15.9. The van der Waals surface area contributed by atoms with E-state index in [0.717, 1.165) is 23.7 Å². The van der Waals surface area contributed by atoms with Gasteiger partial charge in [0.25, 0.3) is 5.91 Å². The predicted octanol–water partition coefficient (Wildman–Crippen LogP) is 2.77. The van der Waals surface area contributed by atoms with Crippen LogP contribution >= 0.6 is 15.9 Å². The number of carbonyl (C=O) groups excluding carboxylic acids is 2. The molecule has 1 aromatic carbocycles. The lowest BCUT2D eigenvalue weighted by atomic mass is 9.99. The first-order valence-electron chi connectivity index (χ1n) is 7.35. The predicted molar refractivity (Wildman–Crippen MR) is 85.6 cm³/mol. The Bertz CT molecular complexity index is 535. The van der Waals surface area contributed by atoms with Crippen molar-refractivity contribution in [3.05, 3.63) is 28.7 Å². The summed E-state index contributed by atoms with van der Waals surface area (Å²) in [6, 6.07) is 7.28. The van der Waals surface area contributed by atoms with E-state index >= 15 is 0 Å². The van der Waals surface area contributed by atoms with E-state index in [1.165, 1.54) is 7.11 Å². The molecule has 120 valence electrons. The minimum Gasteiger partial charge on any atom is -0.484 e. The van der Waals surface area contributed by atoms with Crippen LogP contribution in [0.3, 0.4) is 0 Å². The van der Waals surface area contributed by atoms with Gasteiger partial charge in [0.05, 0.1) is 13.5 Å². The maximum absolute atomic E-state index is 12.4. The molecule has 0 aromatic heterocycles. The van der Waals surface area contributed by atoms with E-state index < -0.39 is 0 Å². The molecule has 0 radical (unpaired) electrons. The average molecular weight is 370 g/mol. The van der Waals surface area contributed by atoms with Crippen LogP contribution in [0.5, 0.6) is 5.75 Å². The van der Waals surface area contributed by atoms with Crippen molar-refractivity contribution in [2.75, 3.05) is 20.3 Å². The van der Waals surface area contributed by atoms with Crippen LogP contribution in [0.25, 0.3) is 0 Å². The van der Waals surface area contributed by atoms with Gasteiger partial charge < -0.3 is 14.4 Å². The van der Waals surface area contributed by atoms with E-state index in [1.54, 1.807) is 11.0 Å². The highest BCUT2D eigenvalue weighted by atomic mass is 79.9. The Kier molecular flexibility index (Phi) is 6.24. The summed E-state index contributed by atoms with van der Waals surface area (Å²) in [5, 5.41) is 0. The van der Waals surface area contributed by atoms with Crippen LogP contribution in [0.15, 0.2) is 28.7 Å². The molecule has 1 aliphatic heterocycles. The molecule has 6 heteroatoms. The van der Waals surface area contributed by atoms with E-state index in [2.05, 4.69) is 15.9 Å². The molecule has 0 N–H and O–H groups in total. The monoisotopic (exact) mass is 369 g/mol. The van der Waals surface area contributed by atoms with Crippen molar-refractivity contribution in [1.82, 2.24) is 4.90 Å². The summed E-state index contributed by atoms with van der Waals surface area (Å²) in [5.74, 6) is 0.274. The maximum atomic E-state index is 12.4. The van der Waals surface area contributed by atoms with Crippen molar-refractivity contribution in [2.45, 2.75) is 31.7 Å². The van der Waals surface area contributed by atoms with Crippen LogP contribution in [0, 0.1) is 0 Å². The largest absolute Gasteiger partial charge is 0.484 e. The first kappa shape index (κ1) is 16.8. The fourth-order valence-electron chi connectivity index (χ4n) is 2.60. The summed E-state index contributed by atoms with van der Waals surface area (Å²) in [4.78, 5) is 25.6. The number of rotatable bonds is 5. The van der Waals surface area contributed by atoms with Gasteiger partial charge in [-0.15, -0.1) is 0 Å². The second-order valence-corrected chi connectivity index (χ2v) is 6.18. The number of nitrogens with zero attached hydrogens (tertiary/aromatic N) is 1. The van der Waals surface area contributed by atoms with Crippen LogP contribution in [-0.2, 0) is 14.3 Å². The maximum Gasteiger partial charge on any atom is 0.307 e. The van der Waals surface area contributed by atoms with Gasteiger partial charge in [0.1, 0.15) is 5.75 Å². The highest BCUT2D eigenvalue weighted by Gasteiger charge is 2.28. The van der Waals surface area contributed by atoms with Gasteiger partial charge >= 0.3 is 5.97 Å². The number of methoxy groups -OCH3 is 1. The summed E-state index contributed by atoms with van der Waals surface area (Å²) in [5.41, 5.74) is 0. The minimum absolute atomic E-state index is 0.0197. The van der Waals surface area contributed by atoms with Gasteiger partial charge in [0, 0.05) is 17.1 Å². The number of hydrogen-bond donors (Lipinski definition) is 0. The number of likely N-dealkylation sites (tertiary alicyclic amines) is 1. The lowest BCUT2D eigenvalue weighted by Gasteiger charge is -2.35. The molecule has 5 nitrogen and oxygen atoms in total. The van der Waals surface area contributed by atoms with Crippen LogP contribution in [0.2, 0.25) is 0 Å². The zero-order valence-electron chi connectivity index (χ0n) is 12.6. The number of halogens is 1. The molecule has 0 saturated carbocycles. The van der Waals surface area contributed by atoms with Crippen molar-refractivity contribution >= 4 is 27.8 Å². The third-order valence-electron chi connectivity index (χ3n) is 3.74. The second kappa shape index (κ2) is 8.17. The van der Waals surface area contributed by atoms with Gasteiger partial charge in [-0.3, -0.25) is 9.59 Å². The fraction of sp³-hybridized carbons (Fsp3) is 0.500. The molecule has 0 spiro atoms. The van der Waals surface area contributed by atoms with E-state index in [4.69, 9.17) is 9.47 Å². The number of amides is 1. The molecule has 0 bridgehead atoms. The molecule has 0 aliphatic carbocycles. The van der Waals surface area contributed by atoms with Gasteiger partial charge in [-0.2, -0.15) is 0 Å². The van der Waals surface area contributed by atoms with Crippen LogP contribution in [0.1, 0.15) is 25.7 Å². The van der Waals surface area contributed by atoms with E-state index in [1.807, 2.05) is 18.2 Å². The van der Waals surface area contributed by atoms with E-state index in [9.17, 15) is 9.59 Å². The van der Waals surface area contributed by atoms with Gasteiger partial charge in [0.15, 0.2) is 6.61 Å². The fourth-order valence-corrected chi connectivity index (χ4v) is 2.98. The lowest BCUT2D eigenvalue weighted by Crippen LogP contribution is -2.46. The molecule has 1 fully saturated rings.